The summed E-state index contributed by atoms with van der Waals surface area (Å²) in [6, 6.07) is 6.55. The maximum atomic E-state index is 12.4. The molecule has 3 amide bonds. The molecule has 0 atom stereocenters. The van der Waals surface area contributed by atoms with Crippen LogP contribution in [0.3, 0.4) is 0 Å². The number of primary amides is 1. The van der Waals surface area contributed by atoms with Crippen LogP contribution in [0.1, 0.15) is 17.3 Å². The zero-order chi connectivity index (χ0) is 16.1. The van der Waals surface area contributed by atoms with Crippen LogP contribution in [-0.4, -0.2) is 60.3 Å². The molecule has 118 valence electrons. The normalized spacial score (nSPS) is 14.6. The molecule has 7 heteroatoms. The highest BCUT2D eigenvalue weighted by atomic mass is 16.5. The summed E-state index contributed by atoms with van der Waals surface area (Å²) in [4.78, 5) is 37.7. The number of piperazine rings is 1. The van der Waals surface area contributed by atoms with Gasteiger partial charge in [0.15, 0.2) is 6.61 Å². The van der Waals surface area contributed by atoms with E-state index in [0.29, 0.717) is 37.5 Å². The Bertz CT molecular complexity index is 563. The first-order valence-corrected chi connectivity index (χ1v) is 7.03. The van der Waals surface area contributed by atoms with Gasteiger partial charge in [-0.1, -0.05) is 0 Å². The van der Waals surface area contributed by atoms with Crippen molar-refractivity contribution in [2.75, 3.05) is 32.8 Å². The molecule has 0 bridgehead atoms. The fourth-order valence-corrected chi connectivity index (χ4v) is 2.26. The molecule has 2 rings (SSSR count). The highest BCUT2D eigenvalue weighted by Gasteiger charge is 2.23. The van der Waals surface area contributed by atoms with Crippen molar-refractivity contribution in [1.82, 2.24) is 9.80 Å². The maximum absolute atomic E-state index is 12.4. The highest BCUT2D eigenvalue weighted by Crippen LogP contribution is 2.15. The van der Waals surface area contributed by atoms with E-state index in [1.165, 1.54) is 6.92 Å². The Morgan fingerprint density at radius 1 is 1.05 bits per heavy atom. The third kappa shape index (κ3) is 3.97. The van der Waals surface area contributed by atoms with Gasteiger partial charge in [-0.2, -0.15) is 0 Å². The summed E-state index contributed by atoms with van der Waals surface area (Å²) in [7, 11) is 0. The molecule has 0 unspecified atom stereocenters. The summed E-state index contributed by atoms with van der Waals surface area (Å²) in [5.74, 6) is -0.118. The third-order valence-electron chi connectivity index (χ3n) is 3.49. The SMILES string of the molecule is CC(=O)N1CCN(C(=O)c2ccc(OCC(N)=O)cc2)CC1. The van der Waals surface area contributed by atoms with E-state index >= 15 is 0 Å². The Morgan fingerprint density at radius 2 is 1.59 bits per heavy atom. The average Bonchev–Trinajstić information content (AvgIpc) is 2.53. The highest BCUT2D eigenvalue weighted by molar-refractivity contribution is 5.94. The zero-order valence-electron chi connectivity index (χ0n) is 12.4. The van der Waals surface area contributed by atoms with Crippen LogP contribution in [0, 0.1) is 0 Å². The van der Waals surface area contributed by atoms with E-state index in [4.69, 9.17) is 10.5 Å². The zero-order valence-corrected chi connectivity index (χ0v) is 12.4. The summed E-state index contributed by atoms with van der Waals surface area (Å²) in [6.07, 6.45) is 0. The molecule has 0 radical (unpaired) electrons. The predicted molar refractivity (Wildman–Crippen MR) is 79.3 cm³/mol. The van der Waals surface area contributed by atoms with Crippen LogP contribution in [-0.2, 0) is 9.59 Å². The van der Waals surface area contributed by atoms with Crippen LogP contribution in [0.4, 0.5) is 0 Å². The molecule has 22 heavy (non-hydrogen) atoms. The smallest absolute Gasteiger partial charge is 0.255 e. The number of nitrogens with zero attached hydrogens (tertiary/aromatic N) is 2. The van der Waals surface area contributed by atoms with Gasteiger partial charge in [-0.15, -0.1) is 0 Å². The molecule has 1 aliphatic rings. The average molecular weight is 305 g/mol. The number of amides is 3. The van der Waals surface area contributed by atoms with Crippen LogP contribution in [0.2, 0.25) is 0 Å². The van der Waals surface area contributed by atoms with Crippen molar-refractivity contribution >= 4 is 17.7 Å². The second kappa shape index (κ2) is 6.93. The largest absolute Gasteiger partial charge is 0.484 e. The van der Waals surface area contributed by atoms with E-state index in [2.05, 4.69) is 0 Å². The third-order valence-corrected chi connectivity index (χ3v) is 3.49. The summed E-state index contributed by atoms with van der Waals surface area (Å²) >= 11 is 0. The van der Waals surface area contributed by atoms with Crippen LogP contribution in [0.25, 0.3) is 0 Å². The molecule has 0 aliphatic carbocycles. The van der Waals surface area contributed by atoms with Gasteiger partial charge in [-0.05, 0) is 24.3 Å². The Kier molecular flexibility index (Phi) is 4.98. The van der Waals surface area contributed by atoms with Crippen molar-refractivity contribution in [2.45, 2.75) is 6.92 Å². The molecule has 7 nitrogen and oxygen atoms in total. The van der Waals surface area contributed by atoms with Gasteiger partial charge in [0.2, 0.25) is 5.91 Å². The lowest BCUT2D eigenvalue weighted by molar-refractivity contribution is -0.130. The van der Waals surface area contributed by atoms with Crippen molar-refractivity contribution in [3.05, 3.63) is 29.8 Å². The van der Waals surface area contributed by atoms with Crippen LogP contribution in [0.15, 0.2) is 24.3 Å². The monoisotopic (exact) mass is 305 g/mol. The first kappa shape index (κ1) is 15.8. The number of hydrogen-bond donors (Lipinski definition) is 1. The Morgan fingerprint density at radius 3 is 2.09 bits per heavy atom. The second-order valence-corrected chi connectivity index (χ2v) is 5.08. The second-order valence-electron chi connectivity index (χ2n) is 5.08. The number of hydrogen-bond acceptors (Lipinski definition) is 4. The quantitative estimate of drug-likeness (QED) is 0.837. The minimum Gasteiger partial charge on any atom is -0.484 e. The summed E-state index contributed by atoms with van der Waals surface area (Å²) in [5.41, 5.74) is 5.54. The van der Waals surface area contributed by atoms with Gasteiger partial charge in [-0.25, -0.2) is 0 Å². The molecule has 1 aromatic rings. The van der Waals surface area contributed by atoms with Crippen LogP contribution >= 0.6 is 0 Å². The molecule has 1 aromatic carbocycles. The van der Waals surface area contributed by atoms with Crippen molar-refractivity contribution in [2.24, 2.45) is 5.73 Å². The number of nitrogens with two attached hydrogens (primary N) is 1. The van der Waals surface area contributed by atoms with Crippen molar-refractivity contribution in [3.63, 3.8) is 0 Å². The molecule has 2 N–H and O–H groups in total. The van der Waals surface area contributed by atoms with Crippen molar-refractivity contribution < 1.29 is 19.1 Å². The molecule has 1 saturated heterocycles. The van der Waals surface area contributed by atoms with E-state index in [-0.39, 0.29) is 18.4 Å². The Labute approximate surface area is 128 Å². The predicted octanol–water partition coefficient (Wildman–Crippen LogP) is -0.145. The summed E-state index contributed by atoms with van der Waals surface area (Å²) in [6.45, 7) is 3.50. The van der Waals surface area contributed by atoms with E-state index in [1.54, 1.807) is 34.1 Å². The lowest BCUT2D eigenvalue weighted by Crippen LogP contribution is -2.50. The molecule has 0 spiro atoms. The molecule has 1 fully saturated rings. The van der Waals surface area contributed by atoms with Gasteiger partial charge in [0.25, 0.3) is 11.8 Å². The first-order valence-electron chi connectivity index (χ1n) is 7.03. The van der Waals surface area contributed by atoms with Gasteiger partial charge in [0.1, 0.15) is 5.75 Å². The van der Waals surface area contributed by atoms with Crippen LogP contribution in [0.5, 0.6) is 5.75 Å². The molecule has 1 heterocycles. The summed E-state index contributed by atoms with van der Waals surface area (Å²) in [5, 5.41) is 0. The fourth-order valence-electron chi connectivity index (χ4n) is 2.26. The number of carbonyl (C=O) groups is 3. The van der Waals surface area contributed by atoms with E-state index in [0.717, 1.165) is 0 Å². The van der Waals surface area contributed by atoms with Crippen LogP contribution < -0.4 is 10.5 Å². The lowest BCUT2D eigenvalue weighted by Gasteiger charge is -2.34. The van der Waals surface area contributed by atoms with Gasteiger partial charge in [-0.3, -0.25) is 14.4 Å². The van der Waals surface area contributed by atoms with Gasteiger partial charge in [0, 0.05) is 38.7 Å². The fraction of sp³-hybridized carbons (Fsp3) is 0.400. The molecular formula is C15H19N3O4. The molecular weight excluding hydrogens is 286 g/mol. The maximum Gasteiger partial charge on any atom is 0.255 e. The van der Waals surface area contributed by atoms with E-state index in [9.17, 15) is 14.4 Å². The minimum atomic E-state index is -0.552. The lowest BCUT2D eigenvalue weighted by atomic mass is 10.1. The number of ether oxygens (including phenoxy) is 1. The summed E-state index contributed by atoms with van der Waals surface area (Å²) < 4.78 is 5.14. The number of benzene rings is 1. The molecule has 0 saturated carbocycles. The van der Waals surface area contributed by atoms with E-state index < -0.39 is 5.91 Å². The number of carbonyl (C=O) groups excluding carboxylic acids is 3. The van der Waals surface area contributed by atoms with Gasteiger partial charge in [0.05, 0.1) is 0 Å². The Hall–Kier alpha value is -2.57. The van der Waals surface area contributed by atoms with Gasteiger partial charge < -0.3 is 20.3 Å². The Balaban J connectivity index is 1.93. The molecule has 0 aromatic heterocycles. The minimum absolute atomic E-state index is 0.0306. The topological polar surface area (TPSA) is 92.9 Å². The molecule has 1 aliphatic heterocycles. The standard InChI is InChI=1S/C15H19N3O4/c1-11(19)17-6-8-18(9-7-17)15(21)12-2-4-13(5-3-12)22-10-14(16)20/h2-5H,6-10H2,1H3,(H2,16,20). The van der Waals surface area contributed by atoms with E-state index in [1.807, 2.05) is 0 Å². The van der Waals surface area contributed by atoms with Crippen molar-refractivity contribution in [1.29, 1.82) is 0 Å². The van der Waals surface area contributed by atoms with Gasteiger partial charge >= 0.3 is 0 Å². The first-order chi connectivity index (χ1) is 10.5. The van der Waals surface area contributed by atoms with Crippen molar-refractivity contribution in [3.8, 4) is 5.75 Å². The number of rotatable bonds is 4.